The molecule has 1 aromatic carbocycles. The lowest BCUT2D eigenvalue weighted by Crippen LogP contribution is -2.23. The zero-order valence-corrected chi connectivity index (χ0v) is 16.5. The standard InChI is InChI=1S/C23H24FN3O2/c1-15(28)20-13-25-27-10-8-18(12-22(20)27)26-9-2-3-21(26)19-11-17(24)6-7-23(19)29-14-16-4-5-16/h6-8,10-13,16,21H,2-5,9,14H2,1H3/t21-/m1/s1. The van der Waals surface area contributed by atoms with Gasteiger partial charge in [0.1, 0.15) is 11.6 Å². The molecule has 1 saturated heterocycles. The Morgan fingerprint density at radius 3 is 2.90 bits per heavy atom. The molecule has 1 saturated carbocycles. The predicted molar refractivity (Wildman–Crippen MR) is 109 cm³/mol. The average Bonchev–Trinajstić information content (AvgIpc) is 3.24. The molecule has 29 heavy (non-hydrogen) atoms. The number of aromatic nitrogens is 2. The second kappa shape index (κ2) is 7.17. The van der Waals surface area contributed by atoms with E-state index >= 15 is 0 Å². The number of rotatable bonds is 6. The molecule has 0 unspecified atom stereocenters. The number of carbonyl (C=O) groups excluding carboxylic acids is 1. The van der Waals surface area contributed by atoms with E-state index in [1.54, 1.807) is 29.8 Å². The Bertz CT molecular complexity index is 1070. The van der Waals surface area contributed by atoms with Gasteiger partial charge in [-0.15, -0.1) is 0 Å². The molecule has 3 heterocycles. The summed E-state index contributed by atoms with van der Waals surface area (Å²) in [5.74, 6) is 1.18. The third kappa shape index (κ3) is 3.48. The Balaban J connectivity index is 1.50. The number of carbonyl (C=O) groups is 1. The molecule has 150 valence electrons. The van der Waals surface area contributed by atoms with Crippen molar-refractivity contribution < 1.29 is 13.9 Å². The number of ketones is 1. The van der Waals surface area contributed by atoms with Crippen molar-refractivity contribution in [1.29, 1.82) is 0 Å². The zero-order chi connectivity index (χ0) is 20.0. The maximum atomic E-state index is 14.1. The van der Waals surface area contributed by atoms with Gasteiger partial charge in [-0.05, 0) is 68.9 Å². The van der Waals surface area contributed by atoms with Crippen LogP contribution in [0.15, 0.2) is 42.7 Å². The number of hydrogen-bond donors (Lipinski definition) is 0. The van der Waals surface area contributed by atoms with Crippen LogP contribution < -0.4 is 9.64 Å². The van der Waals surface area contributed by atoms with Crippen LogP contribution in [0.5, 0.6) is 5.75 Å². The molecular weight excluding hydrogens is 369 g/mol. The van der Waals surface area contributed by atoms with Gasteiger partial charge >= 0.3 is 0 Å². The highest BCUT2D eigenvalue weighted by Gasteiger charge is 2.30. The summed E-state index contributed by atoms with van der Waals surface area (Å²) in [6.45, 7) is 3.14. The minimum absolute atomic E-state index is 0.00369. The Kier molecular flexibility index (Phi) is 4.49. The van der Waals surface area contributed by atoms with Gasteiger partial charge in [-0.1, -0.05) is 0 Å². The minimum atomic E-state index is -0.240. The molecule has 2 fully saturated rings. The van der Waals surface area contributed by atoms with Crippen molar-refractivity contribution in [1.82, 2.24) is 9.61 Å². The largest absolute Gasteiger partial charge is 0.493 e. The van der Waals surface area contributed by atoms with Gasteiger partial charge < -0.3 is 9.64 Å². The van der Waals surface area contributed by atoms with Crippen LogP contribution in [-0.4, -0.2) is 28.5 Å². The topological polar surface area (TPSA) is 46.8 Å². The van der Waals surface area contributed by atoms with Gasteiger partial charge in [0.15, 0.2) is 5.78 Å². The van der Waals surface area contributed by atoms with Gasteiger partial charge in [-0.2, -0.15) is 5.10 Å². The van der Waals surface area contributed by atoms with Crippen LogP contribution in [0.2, 0.25) is 0 Å². The number of halogens is 1. The quantitative estimate of drug-likeness (QED) is 0.564. The maximum absolute atomic E-state index is 14.1. The molecule has 1 aliphatic carbocycles. The van der Waals surface area contributed by atoms with E-state index in [1.165, 1.54) is 18.9 Å². The lowest BCUT2D eigenvalue weighted by Gasteiger charge is -2.28. The molecule has 3 aromatic rings. The molecule has 0 bridgehead atoms. The molecule has 0 amide bonds. The summed E-state index contributed by atoms with van der Waals surface area (Å²) in [4.78, 5) is 14.2. The maximum Gasteiger partial charge on any atom is 0.163 e. The van der Waals surface area contributed by atoms with Crippen molar-refractivity contribution in [3.05, 3.63) is 59.7 Å². The fraction of sp³-hybridized carbons (Fsp3) is 0.391. The normalized spacial score (nSPS) is 19.1. The first-order valence-electron chi connectivity index (χ1n) is 10.3. The first-order valence-corrected chi connectivity index (χ1v) is 10.3. The van der Waals surface area contributed by atoms with E-state index in [4.69, 9.17) is 4.74 Å². The lowest BCUT2D eigenvalue weighted by atomic mass is 10.0. The Hall–Kier alpha value is -2.89. The summed E-state index contributed by atoms with van der Waals surface area (Å²) in [6, 6.07) is 8.91. The van der Waals surface area contributed by atoms with Gasteiger partial charge in [0.25, 0.3) is 0 Å². The third-order valence-electron chi connectivity index (χ3n) is 5.97. The van der Waals surface area contributed by atoms with Crippen molar-refractivity contribution in [2.24, 2.45) is 5.92 Å². The van der Waals surface area contributed by atoms with Gasteiger partial charge in [-0.25, -0.2) is 8.91 Å². The Labute approximate surface area is 169 Å². The third-order valence-corrected chi connectivity index (χ3v) is 5.97. The predicted octanol–water partition coefficient (Wildman–Crippen LogP) is 4.81. The van der Waals surface area contributed by atoms with E-state index in [0.717, 1.165) is 41.9 Å². The first kappa shape index (κ1) is 18.2. The summed E-state index contributed by atoms with van der Waals surface area (Å²) >= 11 is 0. The number of pyridine rings is 1. The molecule has 1 aliphatic heterocycles. The molecule has 0 spiro atoms. The SMILES string of the molecule is CC(=O)c1cnn2ccc(N3CCC[C@@H]3c3cc(F)ccc3OCC3CC3)cc12. The minimum Gasteiger partial charge on any atom is -0.493 e. The van der Waals surface area contributed by atoms with E-state index in [-0.39, 0.29) is 17.6 Å². The lowest BCUT2D eigenvalue weighted by molar-refractivity contribution is 0.101. The second-order valence-electron chi connectivity index (χ2n) is 8.12. The first-order chi connectivity index (χ1) is 14.1. The van der Waals surface area contributed by atoms with E-state index in [0.29, 0.717) is 18.1 Å². The molecule has 2 aromatic heterocycles. The molecular formula is C23H24FN3O2. The van der Waals surface area contributed by atoms with E-state index in [1.807, 2.05) is 18.3 Å². The smallest absolute Gasteiger partial charge is 0.163 e. The second-order valence-corrected chi connectivity index (χ2v) is 8.12. The molecule has 6 heteroatoms. The molecule has 2 aliphatic rings. The number of anilines is 1. The van der Waals surface area contributed by atoms with Crippen LogP contribution in [0, 0.1) is 11.7 Å². The Morgan fingerprint density at radius 2 is 2.10 bits per heavy atom. The monoisotopic (exact) mass is 393 g/mol. The molecule has 5 rings (SSSR count). The summed E-state index contributed by atoms with van der Waals surface area (Å²) in [5, 5.41) is 4.26. The van der Waals surface area contributed by atoms with Crippen LogP contribution in [0.1, 0.15) is 54.6 Å². The fourth-order valence-corrected chi connectivity index (χ4v) is 4.22. The van der Waals surface area contributed by atoms with Crippen LogP contribution in [0.3, 0.4) is 0 Å². The number of Topliss-reactive ketones (excluding diaryl/α,β-unsaturated/α-hetero) is 1. The number of fused-ring (bicyclic) bond motifs is 1. The van der Waals surface area contributed by atoms with Crippen LogP contribution >= 0.6 is 0 Å². The average molecular weight is 393 g/mol. The van der Waals surface area contributed by atoms with Crippen LogP contribution in [0.25, 0.3) is 5.52 Å². The highest BCUT2D eigenvalue weighted by atomic mass is 19.1. The zero-order valence-electron chi connectivity index (χ0n) is 16.5. The fourth-order valence-electron chi connectivity index (χ4n) is 4.22. The Morgan fingerprint density at radius 1 is 1.24 bits per heavy atom. The molecule has 1 atom stereocenters. The van der Waals surface area contributed by atoms with Crippen LogP contribution in [0.4, 0.5) is 10.1 Å². The number of hydrogen-bond acceptors (Lipinski definition) is 4. The molecule has 0 radical (unpaired) electrons. The molecule has 0 N–H and O–H groups in total. The van der Waals surface area contributed by atoms with Gasteiger partial charge in [-0.3, -0.25) is 4.79 Å². The highest BCUT2D eigenvalue weighted by Crippen LogP contribution is 2.41. The highest BCUT2D eigenvalue weighted by molar-refractivity contribution is 6.00. The molecule has 5 nitrogen and oxygen atoms in total. The van der Waals surface area contributed by atoms with E-state index in [9.17, 15) is 9.18 Å². The number of benzene rings is 1. The summed E-state index contributed by atoms with van der Waals surface area (Å²) in [6.07, 6.45) is 7.88. The summed E-state index contributed by atoms with van der Waals surface area (Å²) in [7, 11) is 0. The van der Waals surface area contributed by atoms with Gasteiger partial charge in [0, 0.05) is 24.0 Å². The number of ether oxygens (including phenoxy) is 1. The van der Waals surface area contributed by atoms with Gasteiger partial charge in [0.2, 0.25) is 0 Å². The van der Waals surface area contributed by atoms with Crippen molar-refractivity contribution in [3.63, 3.8) is 0 Å². The van der Waals surface area contributed by atoms with E-state index < -0.39 is 0 Å². The van der Waals surface area contributed by atoms with E-state index in [2.05, 4.69) is 10.00 Å². The van der Waals surface area contributed by atoms with Gasteiger partial charge in [0.05, 0.1) is 29.9 Å². The van der Waals surface area contributed by atoms with Crippen molar-refractivity contribution >= 4 is 17.0 Å². The summed E-state index contributed by atoms with van der Waals surface area (Å²) in [5.41, 5.74) is 3.33. The number of nitrogens with zero attached hydrogens (tertiary/aromatic N) is 3. The van der Waals surface area contributed by atoms with Crippen molar-refractivity contribution in [3.8, 4) is 5.75 Å². The summed E-state index contributed by atoms with van der Waals surface area (Å²) < 4.78 is 21.9. The van der Waals surface area contributed by atoms with Crippen LogP contribution in [-0.2, 0) is 0 Å². The van der Waals surface area contributed by atoms with Crippen molar-refractivity contribution in [2.45, 2.75) is 38.6 Å². The van der Waals surface area contributed by atoms with Crippen molar-refractivity contribution in [2.75, 3.05) is 18.1 Å².